The summed E-state index contributed by atoms with van der Waals surface area (Å²) in [7, 11) is -0.464. The molecule has 3 aromatic rings. The number of para-hydroxylation sites is 1. The van der Waals surface area contributed by atoms with Crippen molar-refractivity contribution in [1.82, 2.24) is 4.90 Å². The van der Waals surface area contributed by atoms with Gasteiger partial charge in [0.2, 0.25) is 0 Å². The van der Waals surface area contributed by atoms with Crippen LogP contribution in [0.5, 0.6) is 11.5 Å². The Balaban J connectivity index is 1.59. The zero-order valence-corrected chi connectivity index (χ0v) is 20.8. The van der Waals surface area contributed by atoms with Crippen molar-refractivity contribution in [3.63, 3.8) is 0 Å². The molecule has 0 amide bonds. The maximum atomic E-state index is 13.9. The lowest BCUT2D eigenvalue weighted by molar-refractivity contribution is 0.204. The average molecular weight is 481 g/mol. The summed E-state index contributed by atoms with van der Waals surface area (Å²) in [5.74, 6) is 1.51. The molecule has 3 aromatic carbocycles. The highest BCUT2D eigenvalue weighted by molar-refractivity contribution is 7.92. The van der Waals surface area contributed by atoms with E-state index in [9.17, 15) is 8.42 Å². The number of sulfonamides is 1. The summed E-state index contributed by atoms with van der Waals surface area (Å²) in [6, 6.07) is 22.3. The molecule has 4 rings (SSSR count). The Kier molecular flexibility index (Phi) is 7.44. The van der Waals surface area contributed by atoms with Crippen LogP contribution in [-0.2, 0) is 16.6 Å². The van der Waals surface area contributed by atoms with E-state index in [1.165, 1.54) is 0 Å². The summed E-state index contributed by atoms with van der Waals surface area (Å²) in [6.07, 6.45) is 1.47. The first-order chi connectivity index (χ1) is 16.4. The molecule has 7 heteroatoms. The van der Waals surface area contributed by atoms with Gasteiger partial charge in [0.1, 0.15) is 11.5 Å². The third-order valence-corrected chi connectivity index (χ3v) is 8.26. The molecular formula is C27H32N2O4S. The van der Waals surface area contributed by atoms with E-state index in [-0.39, 0.29) is 6.04 Å². The minimum atomic E-state index is -3.74. The van der Waals surface area contributed by atoms with Crippen LogP contribution >= 0.6 is 0 Å². The predicted molar refractivity (Wildman–Crippen MR) is 135 cm³/mol. The standard InChI is InChI=1S/C27H32N2O4S/c1-21-11-13-26(14-12-21)34(30,31)29(24-8-6-9-25(19-24)32-2)23-15-17-28(18-16-23)20-22-7-4-5-10-27(22)33-3/h4-14,19,23H,15-18,20H2,1-3H3. The molecule has 0 unspecified atom stereocenters. The van der Waals surface area contributed by atoms with Crippen molar-refractivity contribution in [3.05, 3.63) is 83.9 Å². The summed E-state index contributed by atoms with van der Waals surface area (Å²) < 4.78 is 40.2. The van der Waals surface area contributed by atoms with Crippen molar-refractivity contribution >= 4 is 15.7 Å². The van der Waals surface area contributed by atoms with Crippen molar-refractivity contribution in [3.8, 4) is 11.5 Å². The van der Waals surface area contributed by atoms with Gasteiger partial charge in [0, 0.05) is 37.3 Å². The maximum absolute atomic E-state index is 13.9. The molecule has 34 heavy (non-hydrogen) atoms. The number of methoxy groups -OCH3 is 2. The number of benzene rings is 3. The smallest absolute Gasteiger partial charge is 0.264 e. The van der Waals surface area contributed by atoms with Crippen LogP contribution in [0.25, 0.3) is 0 Å². The van der Waals surface area contributed by atoms with E-state index in [2.05, 4.69) is 11.0 Å². The van der Waals surface area contributed by atoms with Gasteiger partial charge in [-0.15, -0.1) is 0 Å². The van der Waals surface area contributed by atoms with Gasteiger partial charge in [-0.05, 0) is 50.1 Å². The zero-order chi connectivity index (χ0) is 24.1. The third kappa shape index (κ3) is 5.21. The molecule has 1 saturated heterocycles. The number of hydrogen-bond donors (Lipinski definition) is 0. The first kappa shape index (κ1) is 24.1. The van der Waals surface area contributed by atoms with E-state index >= 15 is 0 Å². The van der Waals surface area contributed by atoms with Crippen LogP contribution in [0, 0.1) is 6.92 Å². The molecule has 1 fully saturated rings. The molecule has 180 valence electrons. The molecule has 0 aromatic heterocycles. The van der Waals surface area contributed by atoms with Crippen LogP contribution in [0.2, 0.25) is 0 Å². The molecule has 1 aliphatic heterocycles. The zero-order valence-electron chi connectivity index (χ0n) is 20.0. The number of rotatable bonds is 8. The molecule has 0 spiro atoms. The van der Waals surface area contributed by atoms with Crippen LogP contribution < -0.4 is 13.8 Å². The van der Waals surface area contributed by atoms with Gasteiger partial charge < -0.3 is 9.47 Å². The second-order valence-electron chi connectivity index (χ2n) is 8.63. The molecule has 0 radical (unpaired) electrons. The lowest BCUT2D eigenvalue weighted by Crippen LogP contribution is -2.47. The lowest BCUT2D eigenvalue weighted by atomic mass is 10.0. The van der Waals surface area contributed by atoms with Gasteiger partial charge >= 0.3 is 0 Å². The topological polar surface area (TPSA) is 59.1 Å². The van der Waals surface area contributed by atoms with Gasteiger partial charge in [0.05, 0.1) is 24.8 Å². The van der Waals surface area contributed by atoms with Crippen LogP contribution in [0.15, 0.2) is 77.7 Å². The Morgan fingerprint density at radius 2 is 1.62 bits per heavy atom. The van der Waals surface area contributed by atoms with Crippen LogP contribution in [0.4, 0.5) is 5.69 Å². The van der Waals surface area contributed by atoms with Gasteiger partial charge in [-0.2, -0.15) is 0 Å². The van der Waals surface area contributed by atoms with Gasteiger partial charge in [-0.1, -0.05) is 42.0 Å². The minimum Gasteiger partial charge on any atom is -0.497 e. The van der Waals surface area contributed by atoms with Crippen LogP contribution in [-0.4, -0.2) is 46.7 Å². The monoisotopic (exact) mass is 480 g/mol. The predicted octanol–water partition coefficient (Wildman–Crippen LogP) is 4.87. The van der Waals surface area contributed by atoms with E-state index in [4.69, 9.17) is 9.47 Å². The van der Waals surface area contributed by atoms with Crippen molar-refractivity contribution in [1.29, 1.82) is 0 Å². The first-order valence-corrected chi connectivity index (χ1v) is 13.0. The Morgan fingerprint density at radius 3 is 2.29 bits per heavy atom. The van der Waals surface area contributed by atoms with E-state index in [1.807, 2.05) is 55.5 Å². The number of piperidine rings is 1. The fourth-order valence-electron chi connectivity index (χ4n) is 4.50. The van der Waals surface area contributed by atoms with Gasteiger partial charge in [-0.3, -0.25) is 9.21 Å². The summed E-state index contributed by atoms with van der Waals surface area (Å²) in [4.78, 5) is 2.66. The Bertz CT molecular complexity index is 1200. The molecule has 0 bridgehead atoms. The summed E-state index contributed by atoms with van der Waals surface area (Å²) in [5.41, 5.74) is 2.79. The van der Waals surface area contributed by atoms with Crippen LogP contribution in [0.3, 0.4) is 0 Å². The lowest BCUT2D eigenvalue weighted by Gasteiger charge is -2.39. The number of aryl methyl sites for hydroxylation is 1. The first-order valence-electron chi connectivity index (χ1n) is 11.5. The molecule has 6 nitrogen and oxygen atoms in total. The molecule has 0 aliphatic carbocycles. The Labute approximate surface area is 202 Å². The highest BCUT2D eigenvalue weighted by atomic mass is 32.2. The van der Waals surface area contributed by atoms with E-state index in [1.54, 1.807) is 36.7 Å². The quantitative estimate of drug-likeness (QED) is 0.460. The van der Waals surface area contributed by atoms with Crippen LogP contribution in [0.1, 0.15) is 24.0 Å². The highest BCUT2D eigenvalue weighted by Crippen LogP contribution is 2.33. The third-order valence-electron chi connectivity index (χ3n) is 6.36. The summed E-state index contributed by atoms with van der Waals surface area (Å²) in [5, 5.41) is 0. The van der Waals surface area contributed by atoms with E-state index < -0.39 is 10.0 Å². The molecule has 0 N–H and O–H groups in total. The molecule has 1 heterocycles. The molecule has 0 atom stereocenters. The van der Waals surface area contributed by atoms with Crippen molar-refractivity contribution in [2.24, 2.45) is 0 Å². The Morgan fingerprint density at radius 1 is 0.912 bits per heavy atom. The van der Waals surface area contributed by atoms with E-state index in [0.717, 1.165) is 49.4 Å². The van der Waals surface area contributed by atoms with Crippen molar-refractivity contribution in [2.45, 2.75) is 37.2 Å². The number of hydrogen-bond acceptors (Lipinski definition) is 5. The summed E-state index contributed by atoms with van der Waals surface area (Å²) >= 11 is 0. The van der Waals surface area contributed by atoms with Gasteiger partial charge in [-0.25, -0.2) is 8.42 Å². The average Bonchev–Trinajstić information content (AvgIpc) is 2.86. The molecule has 1 aliphatic rings. The number of likely N-dealkylation sites (tertiary alicyclic amines) is 1. The number of anilines is 1. The number of ether oxygens (including phenoxy) is 2. The summed E-state index contributed by atoms with van der Waals surface area (Å²) in [6.45, 7) is 4.33. The fourth-order valence-corrected chi connectivity index (χ4v) is 6.21. The maximum Gasteiger partial charge on any atom is 0.264 e. The highest BCUT2D eigenvalue weighted by Gasteiger charge is 2.34. The van der Waals surface area contributed by atoms with Gasteiger partial charge in [0.15, 0.2) is 0 Å². The van der Waals surface area contributed by atoms with Crippen molar-refractivity contribution < 1.29 is 17.9 Å². The SMILES string of the molecule is COc1cccc(N(C2CCN(Cc3ccccc3OC)CC2)S(=O)(=O)c2ccc(C)cc2)c1. The number of nitrogens with zero attached hydrogens (tertiary/aromatic N) is 2. The largest absolute Gasteiger partial charge is 0.497 e. The van der Waals surface area contributed by atoms with Gasteiger partial charge in [0.25, 0.3) is 10.0 Å². The second-order valence-corrected chi connectivity index (χ2v) is 10.4. The Hall–Kier alpha value is -3.03. The fraction of sp³-hybridized carbons (Fsp3) is 0.333. The van der Waals surface area contributed by atoms with Crippen molar-refractivity contribution in [2.75, 3.05) is 31.6 Å². The normalized spacial score (nSPS) is 15.1. The second kappa shape index (κ2) is 10.5. The van der Waals surface area contributed by atoms with E-state index in [0.29, 0.717) is 16.3 Å². The minimum absolute atomic E-state index is 0.146. The molecule has 0 saturated carbocycles. The molecular weight excluding hydrogens is 448 g/mol.